The Bertz CT molecular complexity index is 1080. The maximum absolute atomic E-state index is 13.0. The number of ketones is 1. The zero-order valence-corrected chi connectivity index (χ0v) is 18.3. The molecule has 4 nitrogen and oxygen atoms in total. The van der Waals surface area contributed by atoms with Crippen LogP contribution in [0.5, 0.6) is 0 Å². The lowest BCUT2D eigenvalue weighted by Gasteiger charge is -2.30. The predicted molar refractivity (Wildman–Crippen MR) is 122 cm³/mol. The normalized spacial score (nSPS) is 18.3. The zero-order chi connectivity index (χ0) is 20.7. The number of carbonyl (C=O) groups is 1. The van der Waals surface area contributed by atoms with Gasteiger partial charge >= 0.3 is 0 Å². The number of ether oxygens (including phenoxy) is 1. The first-order chi connectivity index (χ1) is 14.5. The van der Waals surface area contributed by atoms with Gasteiger partial charge in [-0.25, -0.2) is 0 Å². The molecule has 1 aliphatic carbocycles. The number of aromatic nitrogens is 1. The van der Waals surface area contributed by atoms with Crippen LogP contribution in [0.2, 0.25) is 0 Å². The number of anilines is 1. The fraction of sp³-hybridized carbons (Fsp3) is 0.360. The Morgan fingerprint density at radius 1 is 1.03 bits per heavy atom. The zero-order valence-electron chi connectivity index (χ0n) is 17.5. The van der Waals surface area contributed by atoms with Crippen LogP contribution < -0.4 is 4.90 Å². The number of carbonyl (C=O) groups excluding carboxylic acids is 1. The second kappa shape index (κ2) is 7.64. The molecule has 1 aliphatic heterocycles. The Morgan fingerprint density at radius 2 is 1.80 bits per heavy atom. The summed E-state index contributed by atoms with van der Waals surface area (Å²) in [5.74, 6) is 0.282. The minimum Gasteiger partial charge on any atom is -0.378 e. The molecular weight excluding hydrogens is 392 g/mol. The summed E-state index contributed by atoms with van der Waals surface area (Å²) in [4.78, 5) is 21.0. The highest BCUT2D eigenvalue weighted by Gasteiger charge is 2.37. The van der Waals surface area contributed by atoms with Gasteiger partial charge < -0.3 is 9.64 Å². The van der Waals surface area contributed by atoms with Gasteiger partial charge in [0.15, 0.2) is 5.78 Å². The smallest absolute Gasteiger partial charge is 0.173 e. The van der Waals surface area contributed by atoms with Crippen molar-refractivity contribution in [3.8, 4) is 22.4 Å². The quantitative estimate of drug-likeness (QED) is 0.566. The van der Waals surface area contributed by atoms with Crippen molar-refractivity contribution in [1.29, 1.82) is 0 Å². The molecule has 2 aromatic heterocycles. The molecule has 0 N–H and O–H groups in total. The summed E-state index contributed by atoms with van der Waals surface area (Å²) < 4.78 is 5.59. The molecule has 3 aromatic rings. The van der Waals surface area contributed by atoms with Crippen LogP contribution >= 0.6 is 11.3 Å². The average molecular weight is 419 g/mol. The fourth-order valence-corrected chi connectivity index (χ4v) is 5.87. The Kier molecular flexibility index (Phi) is 4.95. The van der Waals surface area contributed by atoms with Crippen LogP contribution in [-0.4, -0.2) is 37.1 Å². The number of Topliss-reactive ketones (excluding diaryl/α,β-unsaturated/α-hetero) is 1. The molecule has 1 fully saturated rings. The van der Waals surface area contributed by atoms with Gasteiger partial charge in [0.1, 0.15) is 0 Å². The number of benzene rings is 1. The van der Waals surface area contributed by atoms with Crippen molar-refractivity contribution < 1.29 is 9.53 Å². The van der Waals surface area contributed by atoms with Crippen molar-refractivity contribution in [2.45, 2.75) is 26.7 Å². The van der Waals surface area contributed by atoms with E-state index in [-0.39, 0.29) is 11.2 Å². The highest BCUT2D eigenvalue weighted by molar-refractivity contribution is 7.19. The van der Waals surface area contributed by atoms with E-state index in [9.17, 15) is 4.79 Å². The third kappa shape index (κ3) is 3.57. The summed E-state index contributed by atoms with van der Waals surface area (Å²) in [6.45, 7) is 7.58. The molecular formula is C25H26N2O2S. The first-order valence-corrected chi connectivity index (χ1v) is 11.4. The molecule has 5 rings (SSSR count). The van der Waals surface area contributed by atoms with Crippen molar-refractivity contribution >= 4 is 22.1 Å². The van der Waals surface area contributed by atoms with E-state index in [1.54, 1.807) is 11.3 Å². The van der Waals surface area contributed by atoms with Crippen molar-refractivity contribution in [3.63, 3.8) is 0 Å². The van der Waals surface area contributed by atoms with Gasteiger partial charge in [-0.3, -0.25) is 9.78 Å². The molecule has 30 heavy (non-hydrogen) atoms. The molecule has 1 saturated heterocycles. The van der Waals surface area contributed by atoms with E-state index in [0.717, 1.165) is 54.4 Å². The van der Waals surface area contributed by atoms with Crippen molar-refractivity contribution in [2.24, 2.45) is 5.41 Å². The SMILES string of the molecule is CC1(C)CC(=O)c2sc(N3CCOCC3)c(-c3ccnc(-c4ccccc4)c3)c2C1. The van der Waals surface area contributed by atoms with E-state index in [1.165, 1.54) is 16.1 Å². The minimum absolute atomic E-state index is 0.0164. The average Bonchev–Trinajstić information content (AvgIpc) is 3.14. The number of thiophene rings is 1. The summed E-state index contributed by atoms with van der Waals surface area (Å²) in [7, 11) is 0. The summed E-state index contributed by atoms with van der Waals surface area (Å²) in [5.41, 5.74) is 5.63. The minimum atomic E-state index is -0.0164. The predicted octanol–water partition coefficient (Wildman–Crippen LogP) is 5.47. The molecule has 3 heterocycles. The van der Waals surface area contributed by atoms with E-state index in [4.69, 9.17) is 4.74 Å². The van der Waals surface area contributed by atoms with Gasteiger partial charge in [-0.05, 0) is 35.1 Å². The Morgan fingerprint density at radius 3 is 2.57 bits per heavy atom. The Hall–Kier alpha value is -2.50. The van der Waals surface area contributed by atoms with Crippen molar-refractivity contribution in [2.75, 3.05) is 31.2 Å². The standard InChI is InChI=1S/C25H26N2O2S/c1-25(2)15-19-22(18-8-9-26-20(14-18)17-6-4-3-5-7-17)24(27-10-12-29-13-11-27)30-23(19)21(28)16-25/h3-9,14H,10-13,15-16H2,1-2H3. The molecule has 0 unspecified atom stereocenters. The van der Waals surface area contributed by atoms with E-state index < -0.39 is 0 Å². The van der Waals surface area contributed by atoms with Gasteiger partial charge in [0.05, 0.1) is 28.8 Å². The fourth-order valence-electron chi connectivity index (χ4n) is 4.54. The maximum Gasteiger partial charge on any atom is 0.173 e. The molecule has 0 saturated carbocycles. The third-order valence-electron chi connectivity index (χ3n) is 5.95. The maximum atomic E-state index is 13.0. The Balaban J connectivity index is 1.68. The number of hydrogen-bond acceptors (Lipinski definition) is 5. The molecule has 0 bridgehead atoms. The van der Waals surface area contributed by atoms with Crippen LogP contribution in [0.4, 0.5) is 5.00 Å². The molecule has 2 aliphatic rings. The summed E-state index contributed by atoms with van der Waals surface area (Å²) in [5, 5.41) is 1.21. The van der Waals surface area contributed by atoms with Gasteiger partial charge in [-0.1, -0.05) is 44.2 Å². The summed E-state index contributed by atoms with van der Waals surface area (Å²) >= 11 is 1.67. The van der Waals surface area contributed by atoms with Crippen LogP contribution in [0, 0.1) is 5.41 Å². The van der Waals surface area contributed by atoms with Gasteiger partial charge in [0.25, 0.3) is 0 Å². The van der Waals surface area contributed by atoms with Crippen LogP contribution in [0.1, 0.15) is 35.5 Å². The summed E-state index contributed by atoms with van der Waals surface area (Å²) in [6.07, 6.45) is 3.43. The van der Waals surface area contributed by atoms with Crippen LogP contribution in [0.25, 0.3) is 22.4 Å². The Labute approximate surface area is 181 Å². The second-order valence-electron chi connectivity index (χ2n) is 8.93. The van der Waals surface area contributed by atoms with E-state index in [1.807, 2.05) is 24.4 Å². The number of fused-ring (bicyclic) bond motifs is 1. The van der Waals surface area contributed by atoms with Gasteiger partial charge in [0, 0.05) is 36.8 Å². The largest absolute Gasteiger partial charge is 0.378 e. The number of morpholine rings is 1. The molecule has 5 heteroatoms. The van der Waals surface area contributed by atoms with E-state index >= 15 is 0 Å². The molecule has 154 valence electrons. The highest BCUT2D eigenvalue weighted by atomic mass is 32.1. The molecule has 0 radical (unpaired) electrons. The molecule has 0 spiro atoms. The van der Waals surface area contributed by atoms with Crippen LogP contribution in [0.15, 0.2) is 48.7 Å². The lowest BCUT2D eigenvalue weighted by molar-refractivity contribution is 0.0918. The van der Waals surface area contributed by atoms with E-state index in [0.29, 0.717) is 6.42 Å². The van der Waals surface area contributed by atoms with E-state index in [2.05, 4.69) is 48.0 Å². The number of rotatable bonds is 3. The van der Waals surface area contributed by atoms with Gasteiger partial charge in [0.2, 0.25) is 0 Å². The monoisotopic (exact) mass is 418 g/mol. The number of hydrogen-bond donors (Lipinski definition) is 0. The number of nitrogens with zero attached hydrogens (tertiary/aromatic N) is 2. The summed E-state index contributed by atoms with van der Waals surface area (Å²) in [6, 6.07) is 14.5. The van der Waals surface area contributed by atoms with Crippen LogP contribution in [0.3, 0.4) is 0 Å². The third-order valence-corrected chi connectivity index (χ3v) is 7.29. The molecule has 0 amide bonds. The first kappa shape index (κ1) is 19.5. The molecule has 0 atom stereocenters. The van der Waals surface area contributed by atoms with Gasteiger partial charge in [-0.2, -0.15) is 0 Å². The second-order valence-corrected chi connectivity index (χ2v) is 9.93. The topological polar surface area (TPSA) is 42.4 Å². The molecule has 1 aromatic carbocycles. The lowest BCUT2D eigenvalue weighted by Crippen LogP contribution is -2.36. The lowest BCUT2D eigenvalue weighted by atomic mass is 9.75. The van der Waals surface area contributed by atoms with Gasteiger partial charge in [-0.15, -0.1) is 11.3 Å². The van der Waals surface area contributed by atoms with Crippen molar-refractivity contribution in [1.82, 2.24) is 4.98 Å². The number of pyridine rings is 1. The van der Waals surface area contributed by atoms with Crippen LogP contribution in [-0.2, 0) is 11.2 Å². The highest BCUT2D eigenvalue weighted by Crippen LogP contribution is 2.49. The first-order valence-electron chi connectivity index (χ1n) is 10.6. The van der Waals surface area contributed by atoms with Crippen molar-refractivity contribution in [3.05, 3.63) is 59.1 Å².